The monoisotopic (exact) mass is 330 g/mol. The lowest BCUT2D eigenvalue weighted by Crippen LogP contribution is -2.57. The summed E-state index contributed by atoms with van der Waals surface area (Å²) < 4.78 is 0. The molecule has 0 saturated carbocycles. The maximum atomic E-state index is 12.2. The first-order valence-corrected chi connectivity index (χ1v) is 7.46. The van der Waals surface area contributed by atoms with Crippen LogP contribution >= 0.6 is 0 Å². The summed E-state index contributed by atoms with van der Waals surface area (Å²) in [5.41, 5.74) is 5.19. The van der Waals surface area contributed by atoms with Crippen LogP contribution in [0.3, 0.4) is 0 Å². The fourth-order valence-corrected chi connectivity index (χ4v) is 1.76. The first-order valence-electron chi connectivity index (χ1n) is 7.46. The molecule has 0 aromatic rings. The van der Waals surface area contributed by atoms with Crippen molar-refractivity contribution in [3.8, 4) is 0 Å². The quantitative estimate of drug-likeness (QED) is 0.350. The normalized spacial score (nSPS) is 14.5. The van der Waals surface area contributed by atoms with Crippen LogP contribution in [0.4, 0.5) is 0 Å². The minimum absolute atomic E-state index is 0.242. The Bertz CT molecular complexity index is 452. The molecule has 0 fully saturated rings. The molecule has 23 heavy (non-hydrogen) atoms. The Hall–Kier alpha value is -2.16. The highest BCUT2D eigenvalue weighted by Crippen LogP contribution is 2.04. The van der Waals surface area contributed by atoms with Gasteiger partial charge in [-0.05, 0) is 19.3 Å². The minimum atomic E-state index is -1.17. The maximum Gasteiger partial charge on any atom is 0.325 e. The number of nitrogens with one attached hydrogen (secondary N) is 3. The molecule has 0 rings (SSSR count). The third-order valence-electron chi connectivity index (χ3n) is 3.22. The van der Waals surface area contributed by atoms with E-state index in [1.807, 2.05) is 0 Å². The first kappa shape index (κ1) is 20.8. The van der Waals surface area contributed by atoms with Crippen LogP contribution in [0, 0.1) is 5.92 Å². The van der Waals surface area contributed by atoms with Gasteiger partial charge in [0.15, 0.2) is 0 Å². The molecule has 0 saturated heterocycles. The SMILES string of the molecule is CCC(NC(=O)CN)C(=O)NC(C(=O)NC(C)C(=O)O)C(C)C. The second-order valence-corrected chi connectivity index (χ2v) is 5.53. The third kappa shape index (κ3) is 7.09. The van der Waals surface area contributed by atoms with Gasteiger partial charge in [0.05, 0.1) is 6.54 Å². The Kier molecular flexibility index (Phi) is 8.86. The lowest BCUT2D eigenvalue weighted by atomic mass is 10.0. The van der Waals surface area contributed by atoms with Crippen molar-refractivity contribution < 1.29 is 24.3 Å². The Labute approximate surface area is 135 Å². The highest BCUT2D eigenvalue weighted by atomic mass is 16.4. The van der Waals surface area contributed by atoms with E-state index in [1.54, 1.807) is 20.8 Å². The molecule has 0 aromatic carbocycles. The van der Waals surface area contributed by atoms with E-state index in [2.05, 4.69) is 16.0 Å². The van der Waals surface area contributed by atoms with E-state index in [4.69, 9.17) is 10.8 Å². The number of rotatable bonds is 9. The van der Waals surface area contributed by atoms with Crippen LogP contribution in [0.1, 0.15) is 34.1 Å². The largest absolute Gasteiger partial charge is 0.480 e. The molecule has 0 radical (unpaired) electrons. The number of hydrogen-bond acceptors (Lipinski definition) is 5. The van der Waals surface area contributed by atoms with E-state index in [1.165, 1.54) is 6.92 Å². The molecular formula is C14H26N4O5. The van der Waals surface area contributed by atoms with Gasteiger partial charge in [0.2, 0.25) is 17.7 Å². The zero-order chi connectivity index (χ0) is 18.2. The number of carboxylic acids is 1. The molecule has 0 bridgehead atoms. The molecule has 3 atom stereocenters. The molecule has 3 amide bonds. The average Bonchev–Trinajstić information content (AvgIpc) is 2.48. The second-order valence-electron chi connectivity index (χ2n) is 5.53. The van der Waals surface area contributed by atoms with Crippen LogP contribution in [0.25, 0.3) is 0 Å². The van der Waals surface area contributed by atoms with Gasteiger partial charge in [0, 0.05) is 0 Å². The molecular weight excluding hydrogens is 304 g/mol. The number of carbonyl (C=O) groups excluding carboxylic acids is 3. The summed E-state index contributed by atoms with van der Waals surface area (Å²) in [6.07, 6.45) is 0.329. The Morgan fingerprint density at radius 2 is 1.57 bits per heavy atom. The second kappa shape index (κ2) is 9.78. The molecule has 0 aromatic heterocycles. The third-order valence-corrected chi connectivity index (χ3v) is 3.22. The van der Waals surface area contributed by atoms with Crippen molar-refractivity contribution in [1.29, 1.82) is 0 Å². The molecule has 6 N–H and O–H groups in total. The van der Waals surface area contributed by atoms with E-state index >= 15 is 0 Å². The highest BCUT2D eigenvalue weighted by Gasteiger charge is 2.29. The lowest BCUT2D eigenvalue weighted by molar-refractivity contribution is -0.142. The standard InChI is InChI=1S/C14H26N4O5/c1-5-9(17-10(19)6-15)12(20)18-11(7(2)3)13(21)16-8(4)14(22)23/h7-9,11H,5-6,15H2,1-4H3,(H,16,21)(H,17,19)(H,18,20)(H,22,23). The number of aliphatic carboxylic acids is 1. The van der Waals surface area contributed by atoms with E-state index in [0.717, 1.165) is 0 Å². The molecule has 3 unspecified atom stereocenters. The fourth-order valence-electron chi connectivity index (χ4n) is 1.76. The minimum Gasteiger partial charge on any atom is -0.480 e. The van der Waals surface area contributed by atoms with Gasteiger partial charge in [0.25, 0.3) is 0 Å². The Balaban J connectivity index is 4.91. The van der Waals surface area contributed by atoms with Crippen molar-refractivity contribution in [2.24, 2.45) is 11.7 Å². The molecule has 0 aliphatic heterocycles. The van der Waals surface area contributed by atoms with Crippen molar-refractivity contribution in [3.63, 3.8) is 0 Å². The van der Waals surface area contributed by atoms with Crippen LogP contribution in [-0.4, -0.2) is 53.5 Å². The average molecular weight is 330 g/mol. The molecule has 0 spiro atoms. The number of hydrogen-bond donors (Lipinski definition) is 5. The zero-order valence-electron chi connectivity index (χ0n) is 13.9. The van der Waals surface area contributed by atoms with Crippen LogP contribution in [0.15, 0.2) is 0 Å². The predicted molar refractivity (Wildman–Crippen MR) is 83.3 cm³/mol. The number of carboxylic acid groups (broad SMARTS) is 1. The van der Waals surface area contributed by atoms with Gasteiger partial charge < -0.3 is 26.8 Å². The Morgan fingerprint density at radius 1 is 1.00 bits per heavy atom. The summed E-state index contributed by atoms with van der Waals surface area (Å²) >= 11 is 0. The Morgan fingerprint density at radius 3 is 1.96 bits per heavy atom. The molecule has 0 aliphatic carbocycles. The van der Waals surface area contributed by atoms with E-state index in [-0.39, 0.29) is 12.5 Å². The van der Waals surface area contributed by atoms with Crippen LogP contribution in [0.5, 0.6) is 0 Å². The van der Waals surface area contributed by atoms with Gasteiger partial charge in [-0.2, -0.15) is 0 Å². The van der Waals surface area contributed by atoms with Crippen molar-refractivity contribution in [3.05, 3.63) is 0 Å². The highest BCUT2D eigenvalue weighted by molar-refractivity contribution is 5.93. The summed E-state index contributed by atoms with van der Waals surface area (Å²) in [5, 5.41) is 16.1. The molecule has 9 nitrogen and oxygen atoms in total. The molecule has 132 valence electrons. The topological polar surface area (TPSA) is 151 Å². The van der Waals surface area contributed by atoms with Crippen LogP contribution < -0.4 is 21.7 Å². The van der Waals surface area contributed by atoms with E-state index in [0.29, 0.717) is 6.42 Å². The maximum absolute atomic E-state index is 12.2. The van der Waals surface area contributed by atoms with Crippen molar-refractivity contribution >= 4 is 23.7 Å². The molecule has 0 aliphatic rings. The summed E-state index contributed by atoms with van der Waals surface area (Å²) in [5.74, 6) is -3.03. The zero-order valence-corrected chi connectivity index (χ0v) is 13.9. The molecule has 9 heteroatoms. The predicted octanol–water partition coefficient (Wildman–Crippen LogP) is -1.43. The first-order chi connectivity index (χ1) is 10.6. The number of carbonyl (C=O) groups is 4. The van der Waals surface area contributed by atoms with Gasteiger partial charge >= 0.3 is 5.97 Å². The summed E-state index contributed by atoms with van der Waals surface area (Å²) in [7, 11) is 0. The fraction of sp³-hybridized carbons (Fsp3) is 0.714. The van der Waals surface area contributed by atoms with Crippen molar-refractivity contribution in [2.45, 2.75) is 52.2 Å². The van der Waals surface area contributed by atoms with Gasteiger partial charge in [-0.1, -0.05) is 20.8 Å². The van der Waals surface area contributed by atoms with Gasteiger partial charge in [-0.15, -0.1) is 0 Å². The number of amides is 3. The van der Waals surface area contributed by atoms with Crippen LogP contribution in [0.2, 0.25) is 0 Å². The van der Waals surface area contributed by atoms with Gasteiger partial charge in [0.1, 0.15) is 18.1 Å². The lowest BCUT2D eigenvalue weighted by Gasteiger charge is -2.25. The summed E-state index contributed by atoms with van der Waals surface area (Å²) in [4.78, 5) is 46.4. The van der Waals surface area contributed by atoms with Crippen molar-refractivity contribution in [1.82, 2.24) is 16.0 Å². The van der Waals surface area contributed by atoms with Crippen molar-refractivity contribution in [2.75, 3.05) is 6.54 Å². The van der Waals surface area contributed by atoms with Gasteiger partial charge in [-0.25, -0.2) is 0 Å². The van der Waals surface area contributed by atoms with Crippen LogP contribution in [-0.2, 0) is 19.2 Å². The summed E-state index contributed by atoms with van der Waals surface area (Å²) in [6, 6.07) is -2.79. The number of nitrogens with two attached hydrogens (primary N) is 1. The molecule has 0 heterocycles. The summed E-state index contributed by atoms with van der Waals surface area (Å²) in [6.45, 7) is 6.23. The van der Waals surface area contributed by atoms with E-state index in [9.17, 15) is 19.2 Å². The van der Waals surface area contributed by atoms with Gasteiger partial charge in [-0.3, -0.25) is 19.2 Å². The van der Waals surface area contributed by atoms with E-state index < -0.39 is 41.8 Å². The smallest absolute Gasteiger partial charge is 0.325 e.